The number of piperidine rings is 1. The van der Waals surface area contributed by atoms with Crippen LogP contribution in [0.3, 0.4) is 0 Å². The van der Waals surface area contributed by atoms with E-state index in [4.69, 9.17) is 11.5 Å². The third-order valence-corrected chi connectivity index (χ3v) is 6.42. The summed E-state index contributed by atoms with van der Waals surface area (Å²) < 4.78 is 1.86. The first-order valence-corrected chi connectivity index (χ1v) is 9.93. The van der Waals surface area contributed by atoms with E-state index in [2.05, 4.69) is 22.1 Å². The number of aromatic nitrogens is 2. The van der Waals surface area contributed by atoms with E-state index in [9.17, 15) is 4.79 Å². The molecule has 6 nitrogen and oxygen atoms in total. The second kappa shape index (κ2) is 6.26. The molecule has 0 spiro atoms. The minimum Gasteiger partial charge on any atom is -0.399 e. The second-order valence-corrected chi connectivity index (χ2v) is 8.09. The first-order chi connectivity index (χ1) is 13.5. The third kappa shape index (κ3) is 2.63. The van der Waals surface area contributed by atoms with Crippen LogP contribution in [0.15, 0.2) is 36.4 Å². The number of nitrogens with two attached hydrogens (primary N) is 2. The lowest BCUT2D eigenvalue weighted by molar-refractivity contribution is -0.129. The number of benzene rings is 2. The molecule has 3 heterocycles. The summed E-state index contributed by atoms with van der Waals surface area (Å²) in [7, 11) is 1.94. The van der Waals surface area contributed by atoms with Gasteiger partial charge in [0.25, 0.3) is 0 Å². The Labute approximate surface area is 164 Å². The van der Waals surface area contributed by atoms with E-state index >= 15 is 0 Å². The van der Waals surface area contributed by atoms with Crippen LogP contribution in [-0.2, 0) is 11.8 Å². The third-order valence-electron chi connectivity index (χ3n) is 6.42. The predicted octanol–water partition coefficient (Wildman–Crippen LogP) is 3.27. The van der Waals surface area contributed by atoms with Crippen molar-refractivity contribution in [3.05, 3.63) is 42.0 Å². The number of hydrogen-bond acceptors (Lipinski definition) is 4. The first-order valence-electron chi connectivity index (χ1n) is 9.93. The van der Waals surface area contributed by atoms with Crippen LogP contribution in [0.5, 0.6) is 0 Å². The summed E-state index contributed by atoms with van der Waals surface area (Å²) in [5, 5.41) is 5.45. The summed E-state index contributed by atoms with van der Waals surface area (Å²) in [4.78, 5) is 14.1. The number of nitrogens with zero attached hydrogens (tertiary/aromatic N) is 3. The van der Waals surface area contributed by atoms with Crippen molar-refractivity contribution in [1.82, 2.24) is 14.7 Å². The molecule has 0 bridgehead atoms. The van der Waals surface area contributed by atoms with Crippen LogP contribution < -0.4 is 11.5 Å². The van der Waals surface area contributed by atoms with E-state index in [1.807, 2.05) is 36.0 Å². The summed E-state index contributed by atoms with van der Waals surface area (Å²) in [6.07, 6.45) is 3.72. The van der Waals surface area contributed by atoms with E-state index in [0.717, 1.165) is 53.5 Å². The average Bonchev–Trinajstić information content (AvgIpc) is 3.21. The zero-order valence-electron chi connectivity index (χ0n) is 16.1. The number of hydrogen-bond donors (Lipinski definition) is 2. The molecule has 2 fully saturated rings. The number of anilines is 2. The standard InChI is InChI=1S/C22H25N5O/c1-26-19-12-15(14-8-9-27-17(10-14)6-7-20(27)28)11-18(21(19)22(24)25-26)13-2-4-16(23)5-3-13/h2-5,11-12,14,17H,6-10,23H2,1H3,(H2,24,25). The Bertz CT molecular complexity index is 1070. The highest BCUT2D eigenvalue weighted by atomic mass is 16.2. The maximum Gasteiger partial charge on any atom is 0.222 e. The average molecular weight is 375 g/mol. The van der Waals surface area contributed by atoms with Gasteiger partial charge in [0.2, 0.25) is 5.91 Å². The highest BCUT2D eigenvalue weighted by molar-refractivity contribution is 6.02. The molecule has 6 heteroatoms. The zero-order valence-corrected chi connectivity index (χ0v) is 16.1. The molecule has 2 saturated heterocycles. The van der Waals surface area contributed by atoms with E-state index in [0.29, 0.717) is 30.1 Å². The van der Waals surface area contributed by atoms with Gasteiger partial charge in [-0.15, -0.1) is 0 Å². The zero-order chi connectivity index (χ0) is 19.4. The van der Waals surface area contributed by atoms with Crippen molar-refractivity contribution < 1.29 is 4.79 Å². The van der Waals surface area contributed by atoms with Gasteiger partial charge in [-0.3, -0.25) is 9.48 Å². The molecule has 3 aromatic rings. The maximum absolute atomic E-state index is 12.0. The van der Waals surface area contributed by atoms with Gasteiger partial charge in [0.05, 0.1) is 10.9 Å². The van der Waals surface area contributed by atoms with Gasteiger partial charge in [-0.05, 0) is 66.1 Å². The molecule has 0 aliphatic carbocycles. The minimum absolute atomic E-state index is 0.320. The molecule has 4 N–H and O–H groups in total. The normalized spacial score (nSPS) is 22.0. The van der Waals surface area contributed by atoms with Gasteiger partial charge in [0.15, 0.2) is 5.82 Å². The van der Waals surface area contributed by atoms with Crippen molar-refractivity contribution in [1.29, 1.82) is 0 Å². The summed E-state index contributed by atoms with van der Waals surface area (Å²) in [5.41, 5.74) is 17.4. The quantitative estimate of drug-likeness (QED) is 0.673. The number of carbonyl (C=O) groups excluding carboxylic acids is 1. The fourth-order valence-corrected chi connectivity index (χ4v) is 4.95. The van der Waals surface area contributed by atoms with Gasteiger partial charge in [0.1, 0.15) is 0 Å². The van der Waals surface area contributed by atoms with Crippen molar-refractivity contribution in [3.63, 3.8) is 0 Å². The number of rotatable bonds is 2. The van der Waals surface area contributed by atoms with Crippen LogP contribution in [0.2, 0.25) is 0 Å². The van der Waals surface area contributed by atoms with Crippen LogP contribution in [-0.4, -0.2) is 33.2 Å². The Morgan fingerprint density at radius 1 is 1.11 bits per heavy atom. The molecule has 28 heavy (non-hydrogen) atoms. The largest absolute Gasteiger partial charge is 0.399 e. The number of carbonyl (C=O) groups is 1. The van der Waals surface area contributed by atoms with Gasteiger partial charge in [-0.1, -0.05) is 12.1 Å². The monoisotopic (exact) mass is 375 g/mol. The van der Waals surface area contributed by atoms with Gasteiger partial charge in [-0.25, -0.2) is 0 Å². The van der Waals surface area contributed by atoms with Crippen molar-refractivity contribution in [2.24, 2.45) is 7.05 Å². The van der Waals surface area contributed by atoms with Crippen molar-refractivity contribution in [2.45, 2.75) is 37.6 Å². The molecule has 2 aliphatic rings. The number of fused-ring (bicyclic) bond motifs is 2. The molecular weight excluding hydrogens is 350 g/mol. The Morgan fingerprint density at radius 2 is 1.89 bits per heavy atom. The maximum atomic E-state index is 12.0. The van der Waals surface area contributed by atoms with Crippen molar-refractivity contribution in [2.75, 3.05) is 18.0 Å². The number of amides is 1. The van der Waals surface area contributed by atoms with E-state index in [1.54, 1.807) is 0 Å². The molecule has 1 aromatic heterocycles. The smallest absolute Gasteiger partial charge is 0.222 e. The SMILES string of the molecule is Cn1nc(N)c2c(-c3ccc(N)cc3)cc(C3CCN4C(=O)CCC4C3)cc21. The van der Waals surface area contributed by atoms with E-state index < -0.39 is 0 Å². The van der Waals surface area contributed by atoms with Crippen molar-refractivity contribution >= 4 is 28.3 Å². The second-order valence-electron chi connectivity index (χ2n) is 8.09. The molecule has 0 saturated carbocycles. The summed E-state index contributed by atoms with van der Waals surface area (Å²) in [5.74, 6) is 1.31. The van der Waals surface area contributed by atoms with Gasteiger partial charge < -0.3 is 16.4 Å². The van der Waals surface area contributed by atoms with Crippen LogP contribution in [0, 0.1) is 0 Å². The first kappa shape index (κ1) is 17.1. The molecule has 2 aliphatic heterocycles. The van der Waals surface area contributed by atoms with Crippen molar-refractivity contribution in [3.8, 4) is 11.1 Å². The number of aryl methyl sites for hydroxylation is 1. The lowest BCUT2D eigenvalue weighted by Gasteiger charge is -2.35. The minimum atomic E-state index is 0.320. The van der Waals surface area contributed by atoms with Gasteiger partial charge >= 0.3 is 0 Å². The highest BCUT2D eigenvalue weighted by Crippen LogP contribution is 2.41. The molecule has 144 valence electrons. The Morgan fingerprint density at radius 3 is 2.68 bits per heavy atom. The summed E-state index contributed by atoms with van der Waals surface area (Å²) >= 11 is 0. The van der Waals surface area contributed by atoms with E-state index in [-0.39, 0.29) is 0 Å². The Hall–Kier alpha value is -3.02. The predicted molar refractivity (Wildman–Crippen MR) is 112 cm³/mol. The van der Waals surface area contributed by atoms with Crippen LogP contribution in [0.4, 0.5) is 11.5 Å². The van der Waals surface area contributed by atoms with Crippen LogP contribution in [0.25, 0.3) is 22.0 Å². The molecule has 2 unspecified atom stereocenters. The van der Waals surface area contributed by atoms with Crippen LogP contribution >= 0.6 is 0 Å². The Kier molecular flexibility index (Phi) is 3.82. The molecule has 1 amide bonds. The molecule has 2 aromatic carbocycles. The molecule has 2 atom stereocenters. The number of nitrogen functional groups attached to an aromatic ring is 2. The van der Waals surface area contributed by atoms with Crippen LogP contribution in [0.1, 0.15) is 37.2 Å². The lowest BCUT2D eigenvalue weighted by Crippen LogP contribution is -2.39. The molecule has 0 radical (unpaired) electrons. The fourth-order valence-electron chi connectivity index (χ4n) is 4.95. The fraction of sp³-hybridized carbons (Fsp3) is 0.364. The molecular formula is C22H25N5O. The lowest BCUT2D eigenvalue weighted by atomic mass is 9.83. The highest BCUT2D eigenvalue weighted by Gasteiger charge is 2.37. The van der Waals surface area contributed by atoms with Gasteiger partial charge in [0, 0.05) is 31.7 Å². The topological polar surface area (TPSA) is 90.2 Å². The summed E-state index contributed by atoms with van der Waals surface area (Å²) in [6, 6.07) is 12.8. The van der Waals surface area contributed by atoms with Gasteiger partial charge in [-0.2, -0.15) is 5.10 Å². The molecule has 5 rings (SSSR count). The Balaban J connectivity index is 1.61. The van der Waals surface area contributed by atoms with E-state index in [1.165, 1.54) is 5.56 Å². The summed E-state index contributed by atoms with van der Waals surface area (Å²) in [6.45, 7) is 0.858.